The van der Waals surface area contributed by atoms with Crippen molar-refractivity contribution in [1.82, 2.24) is 19.2 Å². The summed E-state index contributed by atoms with van der Waals surface area (Å²) in [5, 5.41) is 8.78. The Morgan fingerprint density at radius 3 is 2.50 bits per heavy atom. The summed E-state index contributed by atoms with van der Waals surface area (Å²) >= 11 is 0. The van der Waals surface area contributed by atoms with Gasteiger partial charge in [0.15, 0.2) is 0 Å². The van der Waals surface area contributed by atoms with E-state index in [0.717, 1.165) is 50.5 Å². The summed E-state index contributed by atoms with van der Waals surface area (Å²) in [5.41, 5.74) is 3.98. The maximum atomic E-state index is 13.5. The highest BCUT2D eigenvalue weighted by atomic mass is 16.5. The average Bonchev–Trinajstić information content (AvgIpc) is 3.43. The summed E-state index contributed by atoms with van der Waals surface area (Å²) in [6.45, 7) is 4.38. The summed E-state index contributed by atoms with van der Waals surface area (Å²) in [7, 11) is 0. The molecule has 3 aromatic rings. The second-order valence-electron chi connectivity index (χ2n) is 8.99. The molecule has 158 valence electrons. The molecule has 1 aromatic carbocycles. The van der Waals surface area contributed by atoms with Crippen molar-refractivity contribution in [2.24, 2.45) is 5.92 Å². The van der Waals surface area contributed by atoms with Gasteiger partial charge in [-0.2, -0.15) is 0 Å². The predicted octanol–water partition coefficient (Wildman–Crippen LogP) is 3.87. The third-order valence-electron chi connectivity index (χ3n) is 6.79. The molecule has 6 heteroatoms. The van der Waals surface area contributed by atoms with Crippen LogP contribution in [0.3, 0.4) is 0 Å². The van der Waals surface area contributed by atoms with Crippen molar-refractivity contribution < 1.29 is 4.74 Å². The third kappa shape index (κ3) is 3.81. The topological polar surface area (TPSA) is 61.4 Å². The first-order valence-electron chi connectivity index (χ1n) is 11.3. The molecule has 1 saturated carbocycles. The lowest BCUT2D eigenvalue weighted by Gasteiger charge is -2.21. The van der Waals surface area contributed by atoms with Crippen LogP contribution in [0, 0.1) is 12.8 Å². The Hall–Kier alpha value is -2.47. The van der Waals surface area contributed by atoms with E-state index in [9.17, 15) is 4.79 Å². The third-order valence-corrected chi connectivity index (χ3v) is 6.79. The number of benzene rings is 1. The van der Waals surface area contributed by atoms with Gasteiger partial charge < -0.3 is 9.30 Å². The van der Waals surface area contributed by atoms with E-state index in [2.05, 4.69) is 47.6 Å². The van der Waals surface area contributed by atoms with Crippen LogP contribution in [0.25, 0.3) is 5.65 Å². The maximum Gasteiger partial charge on any atom is 0.296 e. The van der Waals surface area contributed by atoms with Crippen LogP contribution in [0.5, 0.6) is 0 Å². The Morgan fingerprint density at radius 1 is 1.03 bits per heavy atom. The fourth-order valence-corrected chi connectivity index (χ4v) is 4.99. The van der Waals surface area contributed by atoms with E-state index in [0.29, 0.717) is 17.5 Å². The second-order valence-corrected chi connectivity index (χ2v) is 8.99. The molecular formula is C24H30N4O2. The van der Waals surface area contributed by atoms with Crippen molar-refractivity contribution in [3.05, 3.63) is 63.5 Å². The molecule has 0 radical (unpaired) electrons. The number of ether oxygens (including phenoxy) is 1. The number of hydrogen-bond donors (Lipinski definition) is 0. The lowest BCUT2D eigenvalue weighted by Crippen LogP contribution is -2.29. The zero-order chi connectivity index (χ0) is 20.5. The molecule has 0 spiro atoms. The van der Waals surface area contributed by atoms with Gasteiger partial charge in [-0.25, -0.2) is 0 Å². The smallest absolute Gasteiger partial charge is 0.296 e. The number of rotatable bonds is 5. The molecule has 2 aromatic heterocycles. The Bertz CT molecular complexity index is 1070. The molecule has 0 amide bonds. The van der Waals surface area contributed by atoms with Gasteiger partial charge in [0.05, 0.1) is 0 Å². The van der Waals surface area contributed by atoms with Crippen LogP contribution < -0.4 is 5.56 Å². The fourth-order valence-electron chi connectivity index (χ4n) is 4.99. The van der Waals surface area contributed by atoms with Gasteiger partial charge in [0.1, 0.15) is 5.82 Å². The van der Waals surface area contributed by atoms with Crippen LogP contribution in [0.15, 0.2) is 35.3 Å². The van der Waals surface area contributed by atoms with Crippen molar-refractivity contribution >= 4 is 5.65 Å². The normalized spacial score (nSPS) is 18.4. The lowest BCUT2D eigenvalue weighted by atomic mass is 9.99. The number of nitrogens with zero attached hydrogens (tertiary/aromatic N) is 4. The second kappa shape index (κ2) is 8.34. The lowest BCUT2D eigenvalue weighted by molar-refractivity contribution is 0.0834. The zero-order valence-corrected chi connectivity index (χ0v) is 17.7. The van der Waals surface area contributed by atoms with Gasteiger partial charge in [0.2, 0.25) is 5.65 Å². The average molecular weight is 407 g/mol. The minimum absolute atomic E-state index is 0.00248. The van der Waals surface area contributed by atoms with E-state index in [1.165, 1.54) is 36.8 Å². The molecule has 6 nitrogen and oxygen atoms in total. The van der Waals surface area contributed by atoms with Crippen molar-refractivity contribution in [3.8, 4) is 0 Å². The molecule has 0 atom stereocenters. The van der Waals surface area contributed by atoms with Crippen molar-refractivity contribution in [2.45, 2.75) is 64.3 Å². The van der Waals surface area contributed by atoms with E-state index >= 15 is 0 Å². The summed E-state index contributed by atoms with van der Waals surface area (Å²) in [5.74, 6) is 1.79. The molecule has 1 saturated heterocycles. The van der Waals surface area contributed by atoms with Gasteiger partial charge in [-0.1, -0.05) is 42.7 Å². The monoisotopic (exact) mass is 406 g/mol. The summed E-state index contributed by atoms with van der Waals surface area (Å²) in [6, 6.07) is 8.60. The molecule has 0 unspecified atom stereocenters. The maximum absolute atomic E-state index is 13.5. The first-order valence-corrected chi connectivity index (χ1v) is 11.3. The zero-order valence-electron chi connectivity index (χ0n) is 17.7. The number of aryl methyl sites for hydroxylation is 1. The standard InChI is InChI=1S/C24H30N4O2/c1-17-6-8-18(9-7-17)14-21-16-28-22(20-10-12-30-13-11-20)25-26-23(28)24(29)27(21)15-19-4-2-3-5-19/h6-9,16,19-20H,2-5,10-15H2,1H3. The predicted molar refractivity (Wildman–Crippen MR) is 116 cm³/mol. The summed E-state index contributed by atoms with van der Waals surface area (Å²) < 4.78 is 9.46. The van der Waals surface area contributed by atoms with E-state index in [4.69, 9.17) is 4.74 Å². The van der Waals surface area contributed by atoms with E-state index in [1.54, 1.807) is 0 Å². The van der Waals surface area contributed by atoms with Crippen molar-refractivity contribution in [3.63, 3.8) is 0 Å². The van der Waals surface area contributed by atoms with Gasteiger partial charge in [-0.3, -0.25) is 9.20 Å². The highest BCUT2D eigenvalue weighted by Gasteiger charge is 2.25. The van der Waals surface area contributed by atoms with Crippen LogP contribution in [-0.2, 0) is 17.7 Å². The molecular weight excluding hydrogens is 376 g/mol. The van der Waals surface area contributed by atoms with Gasteiger partial charge in [-0.15, -0.1) is 10.2 Å². The van der Waals surface area contributed by atoms with Crippen LogP contribution in [0.2, 0.25) is 0 Å². The first kappa shape index (κ1) is 19.5. The number of fused-ring (bicyclic) bond motifs is 1. The van der Waals surface area contributed by atoms with E-state index in [1.807, 2.05) is 8.97 Å². The Kier molecular flexibility index (Phi) is 5.42. The number of hydrogen-bond acceptors (Lipinski definition) is 4. The Labute approximate surface area is 176 Å². The van der Waals surface area contributed by atoms with Gasteiger partial charge >= 0.3 is 0 Å². The SMILES string of the molecule is Cc1ccc(Cc2cn3c(C4CCOCC4)nnc3c(=O)n2CC2CCCC2)cc1. The number of aromatic nitrogens is 4. The quantitative estimate of drug-likeness (QED) is 0.645. The first-order chi connectivity index (χ1) is 14.7. The molecule has 30 heavy (non-hydrogen) atoms. The molecule has 0 bridgehead atoms. The van der Waals surface area contributed by atoms with Crippen LogP contribution in [0.1, 0.15) is 67.1 Å². The molecule has 1 aliphatic carbocycles. The van der Waals surface area contributed by atoms with Gasteiger partial charge in [-0.05, 0) is 44.1 Å². The highest BCUT2D eigenvalue weighted by Crippen LogP contribution is 2.28. The van der Waals surface area contributed by atoms with Crippen LogP contribution in [-0.4, -0.2) is 32.4 Å². The van der Waals surface area contributed by atoms with E-state index in [-0.39, 0.29) is 5.56 Å². The summed E-state index contributed by atoms with van der Waals surface area (Å²) in [6.07, 6.45) is 9.68. The minimum atomic E-state index is -0.00248. The Morgan fingerprint density at radius 2 is 1.77 bits per heavy atom. The molecule has 2 fully saturated rings. The van der Waals surface area contributed by atoms with Gasteiger partial charge in [0, 0.05) is 44.0 Å². The molecule has 1 aliphatic heterocycles. The Balaban J connectivity index is 1.58. The van der Waals surface area contributed by atoms with Gasteiger partial charge in [0.25, 0.3) is 5.56 Å². The molecule has 2 aliphatic rings. The molecule has 5 rings (SSSR count). The minimum Gasteiger partial charge on any atom is -0.381 e. The molecule has 3 heterocycles. The highest BCUT2D eigenvalue weighted by molar-refractivity contribution is 5.38. The largest absolute Gasteiger partial charge is 0.381 e. The van der Waals surface area contributed by atoms with Crippen molar-refractivity contribution in [1.29, 1.82) is 0 Å². The summed E-state index contributed by atoms with van der Waals surface area (Å²) in [4.78, 5) is 13.5. The van der Waals surface area contributed by atoms with Crippen LogP contribution in [0.4, 0.5) is 0 Å². The fraction of sp³-hybridized carbons (Fsp3) is 0.542. The van der Waals surface area contributed by atoms with Crippen LogP contribution >= 0.6 is 0 Å². The van der Waals surface area contributed by atoms with Crippen molar-refractivity contribution in [2.75, 3.05) is 13.2 Å². The molecule has 0 N–H and O–H groups in total. The van der Waals surface area contributed by atoms with E-state index < -0.39 is 0 Å².